The number of alkyl halides is 1. The standard InChI is InChI=1S/C16H16BrF/c1-10-4-6-13(8-12(10)3)16(17)14-7-5-11(2)15(18)9-14/h4-9,16H,1-3H3. The maximum Gasteiger partial charge on any atom is 0.126 e. The molecule has 1 unspecified atom stereocenters. The average Bonchev–Trinajstić information content (AvgIpc) is 2.35. The number of hydrogen-bond donors (Lipinski definition) is 0. The Labute approximate surface area is 116 Å². The van der Waals surface area contributed by atoms with Gasteiger partial charge in [0.05, 0.1) is 4.83 Å². The Hall–Kier alpha value is -1.15. The van der Waals surface area contributed by atoms with Crippen molar-refractivity contribution in [3.8, 4) is 0 Å². The summed E-state index contributed by atoms with van der Waals surface area (Å²) in [6.45, 7) is 5.96. The lowest BCUT2D eigenvalue weighted by atomic mass is 9.99. The van der Waals surface area contributed by atoms with Crippen molar-refractivity contribution in [1.82, 2.24) is 0 Å². The highest BCUT2D eigenvalue weighted by atomic mass is 79.9. The largest absolute Gasteiger partial charge is 0.207 e. The number of hydrogen-bond acceptors (Lipinski definition) is 0. The normalized spacial score (nSPS) is 12.5. The van der Waals surface area contributed by atoms with Crippen molar-refractivity contribution in [3.05, 3.63) is 70.0 Å². The Morgan fingerprint density at radius 3 is 1.94 bits per heavy atom. The maximum absolute atomic E-state index is 13.6. The van der Waals surface area contributed by atoms with Gasteiger partial charge in [0, 0.05) is 0 Å². The first kappa shape index (κ1) is 13.3. The number of rotatable bonds is 2. The summed E-state index contributed by atoms with van der Waals surface area (Å²) < 4.78 is 13.6. The van der Waals surface area contributed by atoms with Crippen LogP contribution in [-0.4, -0.2) is 0 Å². The van der Waals surface area contributed by atoms with Gasteiger partial charge in [-0.15, -0.1) is 0 Å². The fourth-order valence-electron chi connectivity index (χ4n) is 1.88. The molecule has 0 bridgehead atoms. The van der Waals surface area contributed by atoms with Gasteiger partial charge in [0.15, 0.2) is 0 Å². The van der Waals surface area contributed by atoms with Crippen LogP contribution in [0, 0.1) is 26.6 Å². The fraction of sp³-hybridized carbons (Fsp3) is 0.250. The van der Waals surface area contributed by atoms with Gasteiger partial charge < -0.3 is 0 Å². The summed E-state index contributed by atoms with van der Waals surface area (Å²) in [5.41, 5.74) is 5.30. The van der Waals surface area contributed by atoms with E-state index in [0.717, 1.165) is 11.1 Å². The lowest BCUT2D eigenvalue weighted by Crippen LogP contribution is -1.96. The first-order valence-corrected chi connectivity index (χ1v) is 6.88. The molecule has 2 aromatic rings. The molecule has 0 aliphatic heterocycles. The van der Waals surface area contributed by atoms with Crippen molar-refractivity contribution in [2.24, 2.45) is 0 Å². The summed E-state index contributed by atoms with van der Waals surface area (Å²) in [4.78, 5) is 0.0342. The van der Waals surface area contributed by atoms with Gasteiger partial charge in [0.2, 0.25) is 0 Å². The molecule has 1 atom stereocenters. The van der Waals surface area contributed by atoms with Crippen LogP contribution in [0.15, 0.2) is 36.4 Å². The summed E-state index contributed by atoms with van der Waals surface area (Å²) in [6, 6.07) is 11.7. The number of aryl methyl sites for hydroxylation is 3. The van der Waals surface area contributed by atoms with Gasteiger partial charge in [-0.3, -0.25) is 0 Å². The Morgan fingerprint density at radius 1 is 0.833 bits per heavy atom. The quantitative estimate of drug-likeness (QED) is 0.666. The first-order chi connectivity index (χ1) is 8.49. The average molecular weight is 307 g/mol. The van der Waals surface area contributed by atoms with Crippen LogP contribution in [0.2, 0.25) is 0 Å². The fourth-order valence-corrected chi connectivity index (χ4v) is 2.45. The van der Waals surface area contributed by atoms with Crippen molar-refractivity contribution in [2.75, 3.05) is 0 Å². The molecule has 2 heteroatoms. The van der Waals surface area contributed by atoms with E-state index in [0.29, 0.717) is 5.56 Å². The second-order valence-corrected chi connectivity index (χ2v) is 5.63. The van der Waals surface area contributed by atoms with Crippen LogP contribution in [0.3, 0.4) is 0 Å². The minimum atomic E-state index is -0.152. The van der Waals surface area contributed by atoms with Gasteiger partial charge in [0.25, 0.3) is 0 Å². The predicted molar refractivity (Wildman–Crippen MR) is 77.8 cm³/mol. The van der Waals surface area contributed by atoms with Gasteiger partial charge in [0.1, 0.15) is 5.82 Å². The summed E-state index contributed by atoms with van der Waals surface area (Å²) in [7, 11) is 0. The van der Waals surface area contributed by atoms with Crippen LogP contribution in [0.1, 0.15) is 32.6 Å². The Morgan fingerprint density at radius 2 is 1.39 bits per heavy atom. The lowest BCUT2D eigenvalue weighted by Gasteiger charge is -2.13. The molecule has 2 aromatic carbocycles. The summed E-state index contributed by atoms with van der Waals surface area (Å²) in [5, 5.41) is 0. The molecule has 0 aromatic heterocycles. The molecule has 0 fully saturated rings. The molecular weight excluding hydrogens is 291 g/mol. The molecule has 2 rings (SSSR count). The summed E-state index contributed by atoms with van der Waals surface area (Å²) >= 11 is 3.64. The Balaban J connectivity index is 2.37. The molecule has 18 heavy (non-hydrogen) atoms. The molecule has 0 spiro atoms. The van der Waals surface area contributed by atoms with E-state index in [-0.39, 0.29) is 10.6 Å². The molecular formula is C16H16BrF. The smallest absolute Gasteiger partial charge is 0.126 e. The van der Waals surface area contributed by atoms with Crippen LogP contribution in [-0.2, 0) is 0 Å². The van der Waals surface area contributed by atoms with Gasteiger partial charge in [-0.05, 0) is 54.7 Å². The highest BCUT2D eigenvalue weighted by Crippen LogP contribution is 2.32. The first-order valence-electron chi connectivity index (χ1n) is 5.96. The van der Waals surface area contributed by atoms with Gasteiger partial charge >= 0.3 is 0 Å². The van der Waals surface area contributed by atoms with Crippen LogP contribution >= 0.6 is 15.9 Å². The van der Waals surface area contributed by atoms with E-state index in [1.54, 1.807) is 13.0 Å². The van der Waals surface area contributed by atoms with E-state index < -0.39 is 0 Å². The molecule has 0 aliphatic rings. The number of benzene rings is 2. The maximum atomic E-state index is 13.6. The minimum Gasteiger partial charge on any atom is -0.207 e. The van der Waals surface area contributed by atoms with Crippen molar-refractivity contribution in [3.63, 3.8) is 0 Å². The monoisotopic (exact) mass is 306 g/mol. The Bertz CT molecular complexity index is 524. The topological polar surface area (TPSA) is 0 Å². The zero-order valence-electron chi connectivity index (χ0n) is 10.8. The highest BCUT2D eigenvalue weighted by Gasteiger charge is 2.12. The zero-order chi connectivity index (χ0) is 13.3. The van der Waals surface area contributed by atoms with Crippen LogP contribution in [0.25, 0.3) is 0 Å². The van der Waals surface area contributed by atoms with Crippen molar-refractivity contribution in [2.45, 2.75) is 25.6 Å². The summed E-state index contributed by atoms with van der Waals surface area (Å²) in [5.74, 6) is -0.152. The predicted octanol–water partition coefficient (Wildman–Crippen LogP) is 5.24. The van der Waals surface area contributed by atoms with Crippen molar-refractivity contribution >= 4 is 15.9 Å². The molecule has 0 saturated carbocycles. The number of halogens is 2. The molecule has 0 saturated heterocycles. The van der Waals surface area contributed by atoms with E-state index in [1.807, 2.05) is 12.1 Å². The van der Waals surface area contributed by atoms with E-state index in [9.17, 15) is 4.39 Å². The lowest BCUT2D eigenvalue weighted by molar-refractivity contribution is 0.616. The second-order valence-electron chi connectivity index (χ2n) is 4.71. The highest BCUT2D eigenvalue weighted by molar-refractivity contribution is 9.09. The molecule has 0 aliphatic carbocycles. The van der Waals surface area contributed by atoms with Crippen molar-refractivity contribution < 1.29 is 4.39 Å². The molecule has 0 N–H and O–H groups in total. The van der Waals surface area contributed by atoms with E-state index in [2.05, 4.69) is 48.0 Å². The molecule has 94 valence electrons. The third kappa shape index (κ3) is 2.64. The van der Waals surface area contributed by atoms with E-state index in [1.165, 1.54) is 11.1 Å². The van der Waals surface area contributed by atoms with Gasteiger partial charge in [-0.25, -0.2) is 4.39 Å². The van der Waals surface area contributed by atoms with E-state index in [4.69, 9.17) is 0 Å². The van der Waals surface area contributed by atoms with E-state index >= 15 is 0 Å². The molecule has 0 nitrogen and oxygen atoms in total. The van der Waals surface area contributed by atoms with Crippen molar-refractivity contribution in [1.29, 1.82) is 0 Å². The zero-order valence-corrected chi connectivity index (χ0v) is 12.4. The second kappa shape index (κ2) is 5.23. The third-order valence-electron chi connectivity index (χ3n) is 3.31. The Kier molecular flexibility index (Phi) is 3.86. The van der Waals surface area contributed by atoms with Gasteiger partial charge in [-0.2, -0.15) is 0 Å². The third-order valence-corrected chi connectivity index (χ3v) is 4.37. The van der Waals surface area contributed by atoms with Crippen LogP contribution in [0.4, 0.5) is 4.39 Å². The van der Waals surface area contributed by atoms with Crippen LogP contribution in [0.5, 0.6) is 0 Å². The SMILES string of the molecule is Cc1ccc(C(Br)c2ccc(C)c(F)c2)cc1C. The molecule has 0 heterocycles. The molecule has 0 amide bonds. The molecule has 0 radical (unpaired) electrons. The summed E-state index contributed by atoms with van der Waals surface area (Å²) in [6.07, 6.45) is 0. The van der Waals surface area contributed by atoms with Gasteiger partial charge in [-0.1, -0.05) is 46.3 Å². The van der Waals surface area contributed by atoms with Crippen LogP contribution < -0.4 is 0 Å². The minimum absolute atomic E-state index is 0.0342.